The maximum absolute atomic E-state index is 8.94. The SMILES string of the molecule is N#Cc1cc(Cl)ccc1NCCCCCCO. The van der Waals surface area contributed by atoms with E-state index in [0.29, 0.717) is 10.6 Å². The smallest absolute Gasteiger partial charge is 0.101 e. The molecule has 1 aromatic rings. The third-order valence-corrected chi connectivity index (χ3v) is 2.74. The Morgan fingerprint density at radius 2 is 2.00 bits per heavy atom. The highest BCUT2D eigenvalue weighted by molar-refractivity contribution is 6.30. The van der Waals surface area contributed by atoms with Crippen LogP contribution in [0.5, 0.6) is 0 Å². The molecule has 0 aliphatic rings. The number of nitrogens with one attached hydrogen (secondary N) is 1. The van der Waals surface area contributed by atoms with Crippen LogP contribution in [-0.4, -0.2) is 18.3 Å². The monoisotopic (exact) mass is 252 g/mol. The minimum atomic E-state index is 0.267. The summed E-state index contributed by atoms with van der Waals surface area (Å²) in [4.78, 5) is 0. The molecule has 0 unspecified atom stereocenters. The molecule has 17 heavy (non-hydrogen) atoms. The van der Waals surface area contributed by atoms with Crippen LogP contribution in [0.4, 0.5) is 5.69 Å². The van der Waals surface area contributed by atoms with Crippen molar-refractivity contribution in [1.82, 2.24) is 0 Å². The van der Waals surface area contributed by atoms with Crippen molar-refractivity contribution in [3.05, 3.63) is 28.8 Å². The van der Waals surface area contributed by atoms with E-state index in [-0.39, 0.29) is 6.61 Å². The summed E-state index contributed by atoms with van der Waals surface area (Å²) in [6.45, 7) is 1.10. The molecule has 1 rings (SSSR count). The van der Waals surface area contributed by atoms with Gasteiger partial charge in [-0.05, 0) is 31.0 Å². The standard InChI is InChI=1S/C13H17ClN2O/c14-12-5-6-13(11(9-12)10-15)16-7-3-1-2-4-8-17/h5-6,9,16-17H,1-4,7-8H2. The first-order valence-electron chi connectivity index (χ1n) is 5.82. The summed E-state index contributed by atoms with van der Waals surface area (Å²) in [5, 5.41) is 21.4. The summed E-state index contributed by atoms with van der Waals surface area (Å²) in [6, 6.07) is 7.38. The largest absolute Gasteiger partial charge is 0.396 e. The van der Waals surface area contributed by atoms with Crippen molar-refractivity contribution < 1.29 is 5.11 Å². The van der Waals surface area contributed by atoms with Crippen LogP contribution in [-0.2, 0) is 0 Å². The van der Waals surface area contributed by atoms with E-state index in [1.165, 1.54) is 0 Å². The summed E-state index contributed by atoms with van der Waals surface area (Å²) in [5.41, 5.74) is 1.41. The number of anilines is 1. The summed E-state index contributed by atoms with van der Waals surface area (Å²) in [6.07, 6.45) is 4.03. The van der Waals surface area contributed by atoms with Crippen LogP contribution in [0.25, 0.3) is 0 Å². The molecule has 0 bridgehead atoms. The molecule has 92 valence electrons. The molecule has 0 aliphatic heterocycles. The van der Waals surface area contributed by atoms with Crippen molar-refractivity contribution in [3.63, 3.8) is 0 Å². The molecular weight excluding hydrogens is 236 g/mol. The zero-order valence-electron chi connectivity index (χ0n) is 9.75. The molecule has 0 amide bonds. The first-order chi connectivity index (χ1) is 8.27. The van der Waals surface area contributed by atoms with E-state index >= 15 is 0 Å². The number of hydrogen-bond acceptors (Lipinski definition) is 3. The van der Waals surface area contributed by atoms with Crippen LogP contribution in [0.1, 0.15) is 31.2 Å². The summed E-state index contributed by atoms with van der Waals surface area (Å²) in [5.74, 6) is 0. The fourth-order valence-corrected chi connectivity index (χ4v) is 1.75. The number of unbranched alkanes of at least 4 members (excludes halogenated alkanes) is 3. The van der Waals surface area contributed by atoms with Gasteiger partial charge < -0.3 is 10.4 Å². The van der Waals surface area contributed by atoms with Crippen LogP contribution in [0.3, 0.4) is 0 Å². The number of rotatable bonds is 7. The molecule has 0 saturated heterocycles. The van der Waals surface area contributed by atoms with Crippen LogP contribution in [0.15, 0.2) is 18.2 Å². The van der Waals surface area contributed by atoms with Gasteiger partial charge in [-0.25, -0.2) is 0 Å². The zero-order valence-corrected chi connectivity index (χ0v) is 10.5. The predicted octanol–water partition coefficient (Wildman–Crippen LogP) is 3.18. The molecule has 0 aromatic heterocycles. The molecular formula is C13H17ClN2O. The quantitative estimate of drug-likeness (QED) is 0.733. The van der Waals surface area contributed by atoms with Gasteiger partial charge in [-0.2, -0.15) is 5.26 Å². The Morgan fingerprint density at radius 3 is 2.71 bits per heavy atom. The second kappa shape index (κ2) is 7.94. The van der Waals surface area contributed by atoms with E-state index < -0.39 is 0 Å². The van der Waals surface area contributed by atoms with E-state index in [0.717, 1.165) is 37.9 Å². The van der Waals surface area contributed by atoms with Gasteiger partial charge in [0, 0.05) is 18.2 Å². The minimum absolute atomic E-state index is 0.267. The van der Waals surface area contributed by atoms with Gasteiger partial charge in [0.05, 0.1) is 11.3 Å². The number of benzene rings is 1. The van der Waals surface area contributed by atoms with Crippen LogP contribution in [0.2, 0.25) is 5.02 Å². The molecule has 2 N–H and O–H groups in total. The summed E-state index contributed by atoms with van der Waals surface area (Å²) < 4.78 is 0. The maximum atomic E-state index is 8.94. The lowest BCUT2D eigenvalue weighted by Crippen LogP contribution is -2.03. The predicted molar refractivity (Wildman–Crippen MR) is 70.2 cm³/mol. The lowest BCUT2D eigenvalue weighted by molar-refractivity contribution is 0.283. The Bertz CT molecular complexity index is 387. The average Bonchev–Trinajstić information content (AvgIpc) is 2.35. The Hall–Kier alpha value is -1.24. The Kier molecular flexibility index (Phi) is 6.46. The fourth-order valence-electron chi connectivity index (χ4n) is 1.58. The van der Waals surface area contributed by atoms with Crippen LogP contribution < -0.4 is 5.32 Å². The van der Waals surface area contributed by atoms with Gasteiger partial charge >= 0.3 is 0 Å². The number of halogens is 1. The molecule has 0 radical (unpaired) electrons. The molecule has 4 heteroatoms. The third kappa shape index (κ3) is 5.08. The first-order valence-corrected chi connectivity index (χ1v) is 6.20. The number of aliphatic hydroxyl groups is 1. The Balaban J connectivity index is 2.34. The van der Waals surface area contributed by atoms with Gasteiger partial charge in [-0.15, -0.1) is 0 Å². The van der Waals surface area contributed by atoms with Gasteiger partial charge in [-0.1, -0.05) is 24.4 Å². The topological polar surface area (TPSA) is 56.0 Å². The zero-order chi connectivity index (χ0) is 12.5. The van der Waals surface area contributed by atoms with E-state index in [9.17, 15) is 0 Å². The van der Waals surface area contributed by atoms with Crippen molar-refractivity contribution in [3.8, 4) is 6.07 Å². The van der Waals surface area contributed by atoms with Gasteiger partial charge in [-0.3, -0.25) is 0 Å². The number of nitriles is 1. The second-order valence-corrected chi connectivity index (χ2v) is 4.30. The third-order valence-electron chi connectivity index (χ3n) is 2.50. The van der Waals surface area contributed by atoms with Crippen molar-refractivity contribution in [1.29, 1.82) is 5.26 Å². The molecule has 0 fully saturated rings. The highest BCUT2D eigenvalue weighted by Crippen LogP contribution is 2.19. The summed E-state index contributed by atoms with van der Waals surface area (Å²) >= 11 is 5.81. The van der Waals surface area contributed by atoms with E-state index in [1.54, 1.807) is 12.1 Å². The van der Waals surface area contributed by atoms with Crippen molar-refractivity contribution in [2.24, 2.45) is 0 Å². The fraction of sp³-hybridized carbons (Fsp3) is 0.462. The second-order valence-electron chi connectivity index (χ2n) is 3.87. The van der Waals surface area contributed by atoms with Gasteiger partial charge in [0.2, 0.25) is 0 Å². The molecule has 0 atom stereocenters. The highest BCUT2D eigenvalue weighted by Gasteiger charge is 2.01. The average molecular weight is 253 g/mol. The molecule has 3 nitrogen and oxygen atoms in total. The molecule has 1 aromatic carbocycles. The van der Waals surface area contributed by atoms with Crippen molar-refractivity contribution in [2.45, 2.75) is 25.7 Å². The molecule has 0 spiro atoms. The van der Waals surface area contributed by atoms with Crippen LogP contribution in [0, 0.1) is 11.3 Å². The summed E-state index contributed by atoms with van der Waals surface area (Å²) in [7, 11) is 0. The van der Waals surface area contributed by atoms with E-state index in [4.69, 9.17) is 22.0 Å². The van der Waals surface area contributed by atoms with Crippen molar-refractivity contribution in [2.75, 3.05) is 18.5 Å². The van der Waals surface area contributed by atoms with E-state index in [2.05, 4.69) is 11.4 Å². The lowest BCUT2D eigenvalue weighted by atomic mass is 10.1. The molecule has 0 heterocycles. The molecule has 0 aliphatic carbocycles. The Morgan fingerprint density at radius 1 is 1.24 bits per heavy atom. The van der Waals surface area contributed by atoms with E-state index in [1.807, 2.05) is 6.07 Å². The van der Waals surface area contributed by atoms with Gasteiger partial charge in [0.15, 0.2) is 0 Å². The maximum Gasteiger partial charge on any atom is 0.101 e. The van der Waals surface area contributed by atoms with Crippen LogP contribution >= 0.6 is 11.6 Å². The van der Waals surface area contributed by atoms with Crippen molar-refractivity contribution >= 4 is 17.3 Å². The minimum Gasteiger partial charge on any atom is -0.396 e. The number of hydrogen-bond donors (Lipinski definition) is 2. The van der Waals surface area contributed by atoms with Gasteiger partial charge in [0.1, 0.15) is 6.07 Å². The number of aliphatic hydroxyl groups excluding tert-OH is 1. The Labute approximate surface area is 107 Å². The normalized spacial score (nSPS) is 9.94. The lowest BCUT2D eigenvalue weighted by Gasteiger charge is -2.08. The van der Waals surface area contributed by atoms with Gasteiger partial charge in [0.25, 0.3) is 0 Å². The first kappa shape index (κ1) is 13.8. The highest BCUT2D eigenvalue weighted by atomic mass is 35.5. The number of nitrogens with zero attached hydrogens (tertiary/aromatic N) is 1. The molecule has 0 saturated carbocycles.